The normalized spacial score (nSPS) is 26.8. The second-order valence-electron chi connectivity index (χ2n) is 6.64. The van der Waals surface area contributed by atoms with Gasteiger partial charge in [0.1, 0.15) is 0 Å². The average Bonchev–Trinajstić information content (AvgIpc) is 2.30. The molecular weight excluding hydrogens is 208 g/mol. The fourth-order valence-corrected chi connectivity index (χ4v) is 3.58. The summed E-state index contributed by atoms with van der Waals surface area (Å²) in [6.07, 6.45) is 7.13. The molecule has 0 radical (unpaired) electrons. The summed E-state index contributed by atoms with van der Waals surface area (Å²) in [6.45, 7) is 10.1. The minimum atomic E-state index is 0.884. The molecule has 0 atom stereocenters. The van der Waals surface area contributed by atoms with Crippen LogP contribution in [0.4, 0.5) is 0 Å². The van der Waals surface area contributed by atoms with Gasteiger partial charge in [0.05, 0.1) is 0 Å². The maximum absolute atomic E-state index is 2.78. The van der Waals surface area contributed by atoms with Gasteiger partial charge in [0.15, 0.2) is 0 Å². The van der Waals surface area contributed by atoms with E-state index in [1.165, 1.54) is 58.3 Å². The van der Waals surface area contributed by atoms with Crippen LogP contribution in [0.25, 0.3) is 0 Å². The van der Waals surface area contributed by atoms with Gasteiger partial charge in [-0.15, -0.1) is 0 Å². The van der Waals surface area contributed by atoms with Crippen molar-refractivity contribution in [1.29, 1.82) is 0 Å². The third-order valence-electron chi connectivity index (χ3n) is 4.66. The first-order chi connectivity index (χ1) is 8.15. The molecule has 2 fully saturated rings. The van der Waals surface area contributed by atoms with Crippen molar-refractivity contribution < 1.29 is 0 Å². The van der Waals surface area contributed by atoms with Gasteiger partial charge in [-0.25, -0.2) is 0 Å². The Hall–Kier alpha value is -0.0800. The maximum Gasteiger partial charge on any atom is 0.0120 e. The van der Waals surface area contributed by atoms with E-state index in [0.717, 1.165) is 17.9 Å². The van der Waals surface area contributed by atoms with Gasteiger partial charge >= 0.3 is 0 Å². The van der Waals surface area contributed by atoms with Crippen LogP contribution in [-0.2, 0) is 0 Å². The summed E-state index contributed by atoms with van der Waals surface area (Å²) in [5.74, 6) is 1.90. The number of hydrogen-bond acceptors (Lipinski definition) is 2. The molecule has 0 aromatic carbocycles. The molecule has 0 spiro atoms. The van der Waals surface area contributed by atoms with Crippen molar-refractivity contribution in [1.82, 2.24) is 9.80 Å². The van der Waals surface area contributed by atoms with Gasteiger partial charge in [-0.1, -0.05) is 13.8 Å². The van der Waals surface area contributed by atoms with E-state index in [1.807, 2.05) is 0 Å². The first-order valence-corrected chi connectivity index (χ1v) is 7.57. The van der Waals surface area contributed by atoms with Crippen LogP contribution in [0.3, 0.4) is 0 Å². The predicted octanol–water partition coefficient (Wildman–Crippen LogP) is 2.84. The zero-order valence-corrected chi connectivity index (χ0v) is 12.0. The van der Waals surface area contributed by atoms with Crippen LogP contribution in [0.2, 0.25) is 0 Å². The van der Waals surface area contributed by atoms with E-state index in [9.17, 15) is 0 Å². The van der Waals surface area contributed by atoms with Crippen molar-refractivity contribution in [2.45, 2.75) is 52.0 Å². The Balaban J connectivity index is 1.71. The Morgan fingerprint density at radius 3 is 2.06 bits per heavy atom. The number of rotatable bonds is 3. The third kappa shape index (κ3) is 3.96. The molecule has 0 saturated carbocycles. The summed E-state index contributed by atoms with van der Waals surface area (Å²) in [5, 5.41) is 0. The van der Waals surface area contributed by atoms with E-state index in [4.69, 9.17) is 0 Å². The summed E-state index contributed by atoms with van der Waals surface area (Å²) < 4.78 is 0. The van der Waals surface area contributed by atoms with Gasteiger partial charge < -0.3 is 9.80 Å². The monoisotopic (exact) mass is 238 g/mol. The number of hydrogen-bond donors (Lipinski definition) is 0. The van der Waals surface area contributed by atoms with Crippen molar-refractivity contribution in [2.24, 2.45) is 11.8 Å². The van der Waals surface area contributed by atoms with Crippen LogP contribution in [0.5, 0.6) is 0 Å². The topological polar surface area (TPSA) is 6.48 Å². The Morgan fingerprint density at radius 1 is 0.941 bits per heavy atom. The first-order valence-electron chi connectivity index (χ1n) is 7.57. The highest BCUT2D eigenvalue weighted by Gasteiger charge is 2.27. The van der Waals surface area contributed by atoms with E-state index in [2.05, 4.69) is 30.7 Å². The Morgan fingerprint density at radius 2 is 1.53 bits per heavy atom. The van der Waals surface area contributed by atoms with Crippen molar-refractivity contribution in [2.75, 3.05) is 33.2 Å². The molecule has 0 amide bonds. The molecule has 0 unspecified atom stereocenters. The molecule has 2 saturated heterocycles. The van der Waals surface area contributed by atoms with Crippen molar-refractivity contribution in [3.63, 3.8) is 0 Å². The van der Waals surface area contributed by atoms with Crippen LogP contribution < -0.4 is 0 Å². The number of piperidine rings is 2. The summed E-state index contributed by atoms with van der Waals surface area (Å²) in [6, 6.07) is 0.895. The molecule has 2 rings (SSSR count). The largest absolute Gasteiger partial charge is 0.306 e. The van der Waals surface area contributed by atoms with Gasteiger partial charge in [-0.2, -0.15) is 0 Å². The lowest BCUT2D eigenvalue weighted by atomic mass is 9.87. The second kappa shape index (κ2) is 6.19. The molecule has 0 aromatic heterocycles. The molecule has 2 aliphatic heterocycles. The molecule has 0 aromatic rings. The Kier molecular flexibility index (Phi) is 4.87. The standard InChI is InChI=1S/C15H30N2/c1-13(2)12-14-4-10-17(11-5-14)15-6-8-16(3)9-7-15/h13-15H,4-12H2,1-3H3. The fraction of sp³-hybridized carbons (Fsp3) is 1.00. The maximum atomic E-state index is 2.78. The minimum Gasteiger partial charge on any atom is -0.306 e. The Labute approximate surface area is 107 Å². The van der Waals surface area contributed by atoms with E-state index in [0.29, 0.717) is 0 Å². The highest BCUT2D eigenvalue weighted by Crippen LogP contribution is 2.27. The molecule has 0 N–H and O–H groups in total. The molecule has 2 nitrogen and oxygen atoms in total. The zero-order valence-electron chi connectivity index (χ0n) is 12.0. The number of likely N-dealkylation sites (tertiary alicyclic amines) is 2. The molecular formula is C15H30N2. The van der Waals surface area contributed by atoms with Gasteiger partial charge in [0.25, 0.3) is 0 Å². The minimum absolute atomic E-state index is 0.884. The van der Waals surface area contributed by atoms with Crippen LogP contribution >= 0.6 is 0 Å². The van der Waals surface area contributed by atoms with E-state index in [1.54, 1.807) is 0 Å². The zero-order chi connectivity index (χ0) is 12.3. The van der Waals surface area contributed by atoms with Gasteiger partial charge in [-0.05, 0) is 77.2 Å². The van der Waals surface area contributed by atoms with Crippen LogP contribution in [-0.4, -0.2) is 49.1 Å². The molecule has 0 bridgehead atoms. The fourth-order valence-electron chi connectivity index (χ4n) is 3.58. The van der Waals surface area contributed by atoms with Gasteiger partial charge in [0, 0.05) is 6.04 Å². The number of nitrogens with zero attached hydrogens (tertiary/aromatic N) is 2. The van der Waals surface area contributed by atoms with E-state index in [-0.39, 0.29) is 0 Å². The summed E-state index contributed by atoms with van der Waals surface area (Å²) in [7, 11) is 2.26. The average molecular weight is 238 g/mol. The van der Waals surface area contributed by atoms with E-state index < -0.39 is 0 Å². The highest BCUT2D eigenvalue weighted by atomic mass is 15.2. The highest BCUT2D eigenvalue weighted by molar-refractivity contribution is 4.82. The smallest absolute Gasteiger partial charge is 0.0120 e. The second-order valence-corrected chi connectivity index (χ2v) is 6.64. The third-order valence-corrected chi connectivity index (χ3v) is 4.66. The Bertz CT molecular complexity index is 211. The molecule has 17 heavy (non-hydrogen) atoms. The summed E-state index contributed by atoms with van der Waals surface area (Å²) in [5.41, 5.74) is 0. The molecule has 2 aliphatic rings. The first kappa shape index (κ1) is 13.4. The van der Waals surface area contributed by atoms with E-state index >= 15 is 0 Å². The molecule has 2 heterocycles. The SMILES string of the molecule is CC(C)CC1CCN(C2CCN(C)CC2)CC1. The van der Waals surface area contributed by atoms with Crippen LogP contribution in [0, 0.1) is 11.8 Å². The lowest BCUT2D eigenvalue weighted by molar-refractivity contribution is 0.0812. The van der Waals surface area contributed by atoms with Crippen molar-refractivity contribution in [3.05, 3.63) is 0 Å². The van der Waals surface area contributed by atoms with Crippen LogP contribution in [0.1, 0.15) is 46.0 Å². The molecule has 2 heteroatoms. The lowest BCUT2D eigenvalue weighted by Crippen LogP contribution is -2.47. The lowest BCUT2D eigenvalue weighted by Gasteiger charge is -2.41. The van der Waals surface area contributed by atoms with Crippen LogP contribution in [0.15, 0.2) is 0 Å². The van der Waals surface area contributed by atoms with Crippen molar-refractivity contribution >= 4 is 0 Å². The summed E-state index contributed by atoms with van der Waals surface area (Å²) in [4.78, 5) is 5.26. The predicted molar refractivity (Wildman–Crippen MR) is 74.3 cm³/mol. The summed E-state index contributed by atoms with van der Waals surface area (Å²) >= 11 is 0. The quantitative estimate of drug-likeness (QED) is 0.746. The molecule has 100 valence electrons. The van der Waals surface area contributed by atoms with Gasteiger partial charge in [-0.3, -0.25) is 0 Å². The molecule has 0 aliphatic carbocycles. The van der Waals surface area contributed by atoms with Gasteiger partial charge in [0.2, 0.25) is 0 Å². The van der Waals surface area contributed by atoms with Crippen molar-refractivity contribution in [3.8, 4) is 0 Å².